The van der Waals surface area contributed by atoms with E-state index in [0.717, 1.165) is 17.8 Å². The Morgan fingerprint density at radius 1 is 1.43 bits per heavy atom. The highest BCUT2D eigenvalue weighted by molar-refractivity contribution is 7.93. The summed E-state index contributed by atoms with van der Waals surface area (Å²) in [6, 6.07) is 0. The van der Waals surface area contributed by atoms with Gasteiger partial charge < -0.3 is 4.55 Å². The average Bonchev–Trinajstić information content (AvgIpc) is 1.30. The second kappa shape index (κ2) is 2.58. The molecule has 0 aromatic carbocycles. The zero-order valence-corrected chi connectivity index (χ0v) is 5.88. The van der Waals surface area contributed by atoms with Gasteiger partial charge in [-0.3, -0.25) is 0 Å². The number of hydrogen-bond donors (Lipinski definition) is 1. The van der Waals surface area contributed by atoms with Crippen LogP contribution in [-0.2, 0) is 0 Å². The molecule has 0 bridgehead atoms. The van der Waals surface area contributed by atoms with Crippen LogP contribution in [0.25, 0.3) is 0 Å². The molecule has 0 aliphatic rings. The summed E-state index contributed by atoms with van der Waals surface area (Å²) in [7, 11) is 0. The van der Waals surface area contributed by atoms with E-state index in [4.69, 9.17) is 4.55 Å². The van der Waals surface area contributed by atoms with Crippen molar-refractivity contribution in [1.29, 1.82) is 0 Å². The summed E-state index contributed by atoms with van der Waals surface area (Å²) in [5, 5.41) is 0. The summed E-state index contributed by atoms with van der Waals surface area (Å²) in [5.41, 5.74) is 0.263. The fourth-order valence-electron chi connectivity index (χ4n) is 0.194. The Labute approximate surface area is 49.3 Å². The first-order valence-corrected chi connectivity index (χ1v) is 3.27. The van der Waals surface area contributed by atoms with Crippen molar-refractivity contribution in [2.75, 3.05) is 5.75 Å². The standard InChI is InChI=1S/C5H12OS/c1-5(2,3)4-7-6/h6H,4H2,1-3H3. The van der Waals surface area contributed by atoms with E-state index in [2.05, 4.69) is 20.8 Å². The molecule has 0 rings (SSSR count). The Bertz CT molecular complexity index is 46.5. The van der Waals surface area contributed by atoms with E-state index in [1.807, 2.05) is 0 Å². The molecule has 0 radical (unpaired) electrons. The van der Waals surface area contributed by atoms with Gasteiger partial charge >= 0.3 is 0 Å². The summed E-state index contributed by atoms with van der Waals surface area (Å²) in [5.74, 6) is 0.812. The van der Waals surface area contributed by atoms with Crippen molar-refractivity contribution in [3.05, 3.63) is 0 Å². The van der Waals surface area contributed by atoms with Gasteiger partial charge in [-0.1, -0.05) is 20.8 Å². The van der Waals surface area contributed by atoms with E-state index >= 15 is 0 Å². The molecule has 1 N–H and O–H groups in total. The summed E-state index contributed by atoms with van der Waals surface area (Å²) < 4.78 is 8.32. The first-order chi connectivity index (χ1) is 3.06. The van der Waals surface area contributed by atoms with Gasteiger partial charge in [0.15, 0.2) is 0 Å². The Morgan fingerprint density at radius 2 is 1.86 bits per heavy atom. The molecule has 0 aliphatic heterocycles. The molecule has 0 heterocycles. The van der Waals surface area contributed by atoms with Crippen molar-refractivity contribution < 1.29 is 4.55 Å². The van der Waals surface area contributed by atoms with Gasteiger partial charge in [-0.15, -0.1) is 0 Å². The van der Waals surface area contributed by atoms with Gasteiger partial charge in [0.25, 0.3) is 0 Å². The van der Waals surface area contributed by atoms with Gasteiger partial charge in [0.05, 0.1) is 0 Å². The summed E-state index contributed by atoms with van der Waals surface area (Å²) in [6.45, 7) is 6.28. The van der Waals surface area contributed by atoms with Crippen LogP contribution in [0.15, 0.2) is 0 Å². The molecule has 44 valence electrons. The van der Waals surface area contributed by atoms with Gasteiger partial charge in [0, 0.05) is 5.75 Å². The van der Waals surface area contributed by atoms with Crippen LogP contribution >= 0.6 is 12.0 Å². The van der Waals surface area contributed by atoms with Crippen LogP contribution in [0.1, 0.15) is 20.8 Å². The van der Waals surface area contributed by atoms with Crippen LogP contribution in [0.3, 0.4) is 0 Å². The number of rotatable bonds is 1. The van der Waals surface area contributed by atoms with E-state index < -0.39 is 0 Å². The Hall–Kier alpha value is 0.310. The molecule has 1 nitrogen and oxygen atoms in total. The van der Waals surface area contributed by atoms with Crippen LogP contribution in [0, 0.1) is 5.41 Å². The third-order valence-corrected chi connectivity index (χ3v) is 1.49. The molecule has 0 aromatic rings. The van der Waals surface area contributed by atoms with Crippen molar-refractivity contribution in [3.8, 4) is 0 Å². The van der Waals surface area contributed by atoms with Crippen LogP contribution in [0.5, 0.6) is 0 Å². The Kier molecular flexibility index (Phi) is 2.69. The van der Waals surface area contributed by atoms with Crippen molar-refractivity contribution in [2.24, 2.45) is 5.41 Å². The summed E-state index contributed by atoms with van der Waals surface area (Å²) in [4.78, 5) is 0. The second-order valence-corrected chi connectivity index (χ2v) is 3.38. The molecular formula is C5H12OS. The third-order valence-electron chi connectivity index (χ3n) is 0.498. The van der Waals surface area contributed by atoms with E-state index in [1.54, 1.807) is 0 Å². The lowest BCUT2D eigenvalue weighted by Gasteiger charge is -2.13. The lowest BCUT2D eigenvalue weighted by Crippen LogP contribution is -2.07. The molecule has 0 fully saturated rings. The first-order valence-electron chi connectivity index (χ1n) is 2.32. The lowest BCUT2D eigenvalue weighted by molar-refractivity contribution is 0.471. The largest absolute Gasteiger partial charge is 0.330 e. The molecule has 0 atom stereocenters. The van der Waals surface area contributed by atoms with Crippen molar-refractivity contribution in [2.45, 2.75) is 20.8 Å². The molecule has 0 aliphatic carbocycles. The SMILES string of the molecule is CC(C)(C)CSO. The molecule has 2 heteroatoms. The molecule has 0 saturated heterocycles. The smallest absolute Gasteiger partial charge is 0.0244 e. The highest BCUT2D eigenvalue weighted by Crippen LogP contribution is 2.17. The van der Waals surface area contributed by atoms with Crippen LogP contribution in [0.4, 0.5) is 0 Å². The van der Waals surface area contributed by atoms with E-state index in [0.29, 0.717) is 0 Å². The minimum absolute atomic E-state index is 0.263. The van der Waals surface area contributed by atoms with Gasteiger partial charge in [-0.25, -0.2) is 0 Å². The molecule has 0 aromatic heterocycles. The zero-order chi connectivity index (χ0) is 5.91. The highest BCUT2D eigenvalue weighted by Gasteiger charge is 2.07. The van der Waals surface area contributed by atoms with E-state index in [9.17, 15) is 0 Å². The zero-order valence-electron chi connectivity index (χ0n) is 5.06. The van der Waals surface area contributed by atoms with E-state index in [-0.39, 0.29) is 5.41 Å². The predicted octanol–water partition coefficient (Wildman–Crippen LogP) is 2.24. The van der Waals surface area contributed by atoms with Gasteiger partial charge in [-0.05, 0) is 17.5 Å². The minimum atomic E-state index is 0.263. The maximum atomic E-state index is 8.32. The second-order valence-electron chi connectivity index (χ2n) is 2.83. The van der Waals surface area contributed by atoms with Crippen molar-refractivity contribution in [3.63, 3.8) is 0 Å². The molecule has 0 saturated carbocycles. The molecule has 0 spiro atoms. The van der Waals surface area contributed by atoms with E-state index in [1.165, 1.54) is 0 Å². The maximum Gasteiger partial charge on any atom is 0.0244 e. The van der Waals surface area contributed by atoms with Gasteiger partial charge in [-0.2, -0.15) is 0 Å². The van der Waals surface area contributed by atoms with Crippen LogP contribution < -0.4 is 0 Å². The van der Waals surface area contributed by atoms with Gasteiger partial charge in [0.1, 0.15) is 0 Å². The lowest BCUT2D eigenvalue weighted by atomic mass is 10.0. The average molecular weight is 120 g/mol. The molecule has 0 amide bonds. The Balaban J connectivity index is 3.15. The number of hydrogen-bond acceptors (Lipinski definition) is 2. The fourth-order valence-corrected chi connectivity index (χ4v) is 0.581. The van der Waals surface area contributed by atoms with Gasteiger partial charge in [0.2, 0.25) is 0 Å². The monoisotopic (exact) mass is 120 g/mol. The highest BCUT2D eigenvalue weighted by atomic mass is 32.2. The third kappa shape index (κ3) is 6.31. The summed E-state index contributed by atoms with van der Waals surface area (Å²) in [6.07, 6.45) is 0. The predicted molar refractivity (Wildman–Crippen MR) is 34.5 cm³/mol. The molecule has 0 unspecified atom stereocenters. The maximum absolute atomic E-state index is 8.32. The quantitative estimate of drug-likeness (QED) is 0.535. The minimum Gasteiger partial charge on any atom is -0.330 e. The fraction of sp³-hybridized carbons (Fsp3) is 1.00. The van der Waals surface area contributed by atoms with Crippen LogP contribution in [-0.4, -0.2) is 10.3 Å². The molecular weight excluding hydrogens is 108 g/mol. The normalized spacial score (nSPS) is 12.0. The topological polar surface area (TPSA) is 20.2 Å². The Morgan fingerprint density at radius 3 is 1.86 bits per heavy atom. The van der Waals surface area contributed by atoms with Crippen molar-refractivity contribution >= 4 is 12.0 Å². The first kappa shape index (κ1) is 7.31. The van der Waals surface area contributed by atoms with Crippen molar-refractivity contribution in [1.82, 2.24) is 0 Å². The summed E-state index contributed by atoms with van der Waals surface area (Å²) >= 11 is 0.909. The van der Waals surface area contributed by atoms with Crippen LogP contribution in [0.2, 0.25) is 0 Å². The molecule has 7 heavy (non-hydrogen) atoms.